The molecule has 1 N–H and O–H groups in total. The normalized spacial score (nSPS) is 10.9. The van der Waals surface area contributed by atoms with Gasteiger partial charge in [-0.05, 0) is 13.3 Å². The number of nitrogens with one attached hydrogen (secondary N) is 1. The van der Waals surface area contributed by atoms with E-state index in [0.717, 1.165) is 18.4 Å². The Bertz CT molecular complexity index is 533. The number of rotatable bonds is 2. The largest absolute Gasteiger partial charge is 0.342 e. The second-order valence-electron chi connectivity index (χ2n) is 3.27. The zero-order valence-electron chi connectivity index (χ0n) is 8.47. The lowest BCUT2D eigenvalue weighted by molar-refractivity contribution is 0.112. The molecule has 2 rings (SSSR count). The number of aldehydes is 1. The number of carbonyl (C=O) groups excluding carboxylic acids is 1. The van der Waals surface area contributed by atoms with Gasteiger partial charge in [0, 0.05) is 11.3 Å². The number of halogens is 1. The number of fused-ring (bicyclic) bond motifs is 1. The highest BCUT2D eigenvalue weighted by Gasteiger charge is 2.14. The molecule has 5 heteroatoms. The van der Waals surface area contributed by atoms with Crippen LogP contribution in [0.25, 0.3) is 11.0 Å². The molecule has 15 heavy (non-hydrogen) atoms. The molecule has 78 valence electrons. The van der Waals surface area contributed by atoms with Gasteiger partial charge in [0.05, 0.1) is 5.39 Å². The summed E-state index contributed by atoms with van der Waals surface area (Å²) >= 11 is 5.99. The molecule has 0 unspecified atom stereocenters. The number of aromatic amines is 1. The Kier molecular flexibility index (Phi) is 2.44. The fourth-order valence-corrected chi connectivity index (χ4v) is 1.95. The first-order valence-electron chi connectivity index (χ1n) is 4.67. The number of aryl methyl sites for hydroxylation is 2. The lowest BCUT2D eigenvalue weighted by atomic mass is 10.2. The van der Waals surface area contributed by atoms with E-state index in [2.05, 4.69) is 15.0 Å². The van der Waals surface area contributed by atoms with Crippen LogP contribution in [-0.4, -0.2) is 21.2 Å². The van der Waals surface area contributed by atoms with Crippen LogP contribution in [0.3, 0.4) is 0 Å². The second kappa shape index (κ2) is 3.62. The van der Waals surface area contributed by atoms with E-state index >= 15 is 0 Å². The van der Waals surface area contributed by atoms with E-state index in [4.69, 9.17) is 11.6 Å². The van der Waals surface area contributed by atoms with Crippen molar-refractivity contribution >= 4 is 28.9 Å². The van der Waals surface area contributed by atoms with Gasteiger partial charge in [0.2, 0.25) is 0 Å². The summed E-state index contributed by atoms with van der Waals surface area (Å²) in [6.45, 7) is 3.73. The summed E-state index contributed by atoms with van der Waals surface area (Å²) in [5, 5.41) is 0.949. The summed E-state index contributed by atoms with van der Waals surface area (Å²) in [6.07, 6.45) is 1.53. The highest BCUT2D eigenvalue weighted by molar-refractivity contribution is 6.35. The fourth-order valence-electron chi connectivity index (χ4n) is 1.64. The summed E-state index contributed by atoms with van der Waals surface area (Å²) in [7, 11) is 0. The molecule has 0 fully saturated rings. The molecule has 0 aliphatic heterocycles. The Balaban J connectivity index is 2.88. The van der Waals surface area contributed by atoms with Crippen LogP contribution < -0.4 is 0 Å². The summed E-state index contributed by atoms with van der Waals surface area (Å²) < 4.78 is 0. The maximum absolute atomic E-state index is 11.0. The molecule has 0 saturated heterocycles. The number of nitrogens with zero attached hydrogens (tertiary/aromatic N) is 2. The number of hydrogen-bond acceptors (Lipinski definition) is 3. The van der Waals surface area contributed by atoms with E-state index < -0.39 is 0 Å². The van der Waals surface area contributed by atoms with E-state index in [1.54, 1.807) is 6.92 Å². The molecule has 4 nitrogen and oxygen atoms in total. The van der Waals surface area contributed by atoms with Crippen LogP contribution >= 0.6 is 11.6 Å². The van der Waals surface area contributed by atoms with Gasteiger partial charge >= 0.3 is 0 Å². The van der Waals surface area contributed by atoms with Crippen molar-refractivity contribution in [1.29, 1.82) is 0 Å². The molecule has 0 bridgehead atoms. The van der Waals surface area contributed by atoms with E-state index in [-0.39, 0.29) is 0 Å². The number of aromatic nitrogens is 3. The summed E-state index contributed by atoms with van der Waals surface area (Å²) in [5.41, 5.74) is 2.05. The molecule has 0 aliphatic rings. The Labute approximate surface area is 91.7 Å². The Morgan fingerprint density at radius 3 is 2.80 bits per heavy atom. The Morgan fingerprint density at radius 1 is 1.47 bits per heavy atom. The summed E-state index contributed by atoms with van der Waals surface area (Å²) in [4.78, 5) is 22.3. The zero-order chi connectivity index (χ0) is 11.0. The van der Waals surface area contributed by atoms with Gasteiger partial charge in [0.1, 0.15) is 16.6 Å². The molecule has 0 aromatic carbocycles. The minimum Gasteiger partial charge on any atom is -0.342 e. The van der Waals surface area contributed by atoms with Gasteiger partial charge in [-0.25, -0.2) is 9.97 Å². The third-order valence-corrected chi connectivity index (χ3v) is 2.59. The maximum atomic E-state index is 11.0. The predicted octanol–water partition coefficient (Wildman–Crippen LogP) is 2.29. The SMILES string of the molecule is CCc1[nH]c2nc(C)nc(Cl)c2c1C=O. The molecule has 0 spiro atoms. The highest BCUT2D eigenvalue weighted by atomic mass is 35.5. The molecule has 0 radical (unpaired) electrons. The van der Waals surface area contributed by atoms with Gasteiger partial charge in [-0.15, -0.1) is 0 Å². The van der Waals surface area contributed by atoms with E-state index in [9.17, 15) is 4.79 Å². The van der Waals surface area contributed by atoms with Crippen molar-refractivity contribution in [1.82, 2.24) is 15.0 Å². The smallest absolute Gasteiger partial charge is 0.152 e. The first-order valence-corrected chi connectivity index (χ1v) is 5.05. The predicted molar refractivity (Wildman–Crippen MR) is 58.4 cm³/mol. The number of hydrogen-bond donors (Lipinski definition) is 1. The van der Waals surface area contributed by atoms with Crippen LogP contribution in [0.4, 0.5) is 0 Å². The van der Waals surface area contributed by atoms with Crippen LogP contribution in [0.2, 0.25) is 5.15 Å². The van der Waals surface area contributed by atoms with Gasteiger partial charge < -0.3 is 4.98 Å². The minimum atomic E-state index is 0.329. The molecule has 0 aliphatic carbocycles. The van der Waals surface area contributed by atoms with Crippen LogP contribution in [0.1, 0.15) is 28.8 Å². The molecular formula is C10H10ClN3O. The monoisotopic (exact) mass is 223 g/mol. The molecule has 0 saturated carbocycles. The molecule has 2 heterocycles. The van der Waals surface area contributed by atoms with Crippen LogP contribution in [0.5, 0.6) is 0 Å². The van der Waals surface area contributed by atoms with Crippen molar-refractivity contribution < 1.29 is 4.79 Å². The maximum Gasteiger partial charge on any atom is 0.152 e. The van der Waals surface area contributed by atoms with E-state index in [0.29, 0.717) is 27.6 Å². The molecular weight excluding hydrogens is 214 g/mol. The zero-order valence-corrected chi connectivity index (χ0v) is 9.22. The van der Waals surface area contributed by atoms with E-state index in [1.165, 1.54) is 0 Å². The van der Waals surface area contributed by atoms with Gasteiger partial charge in [-0.2, -0.15) is 0 Å². The average Bonchev–Trinajstić information content (AvgIpc) is 2.55. The quantitative estimate of drug-likeness (QED) is 0.628. The van der Waals surface area contributed by atoms with Gasteiger partial charge in [0.25, 0.3) is 0 Å². The molecule has 0 amide bonds. The first kappa shape index (κ1) is 10.1. The number of carbonyl (C=O) groups is 1. The van der Waals surface area contributed by atoms with E-state index in [1.807, 2.05) is 6.92 Å². The Hall–Kier alpha value is -1.42. The molecule has 2 aromatic heterocycles. The van der Waals surface area contributed by atoms with Gasteiger partial charge in [-0.3, -0.25) is 4.79 Å². The summed E-state index contributed by atoms with van der Waals surface area (Å²) in [6, 6.07) is 0. The third-order valence-electron chi connectivity index (χ3n) is 2.31. The standard InChI is InChI=1S/C10H10ClN3O/c1-3-7-6(4-15)8-9(11)12-5(2)13-10(8)14-7/h4H,3H2,1-2H3,(H,12,13,14). The lowest BCUT2D eigenvalue weighted by Crippen LogP contribution is -1.90. The third kappa shape index (κ3) is 1.51. The topological polar surface area (TPSA) is 58.6 Å². The molecule has 2 aromatic rings. The second-order valence-corrected chi connectivity index (χ2v) is 3.63. The van der Waals surface area contributed by atoms with Gasteiger partial charge in [0.15, 0.2) is 6.29 Å². The van der Waals surface area contributed by atoms with Crippen molar-refractivity contribution in [2.24, 2.45) is 0 Å². The highest BCUT2D eigenvalue weighted by Crippen LogP contribution is 2.26. The summed E-state index contributed by atoms with van der Waals surface area (Å²) in [5.74, 6) is 0.592. The fraction of sp³-hybridized carbons (Fsp3) is 0.300. The van der Waals surface area contributed by atoms with Crippen molar-refractivity contribution in [2.75, 3.05) is 0 Å². The van der Waals surface area contributed by atoms with Crippen LogP contribution in [0, 0.1) is 6.92 Å². The lowest BCUT2D eigenvalue weighted by Gasteiger charge is -1.95. The molecule has 0 atom stereocenters. The van der Waals surface area contributed by atoms with Gasteiger partial charge in [-0.1, -0.05) is 18.5 Å². The number of H-pyrrole nitrogens is 1. The van der Waals surface area contributed by atoms with Crippen molar-refractivity contribution in [3.05, 3.63) is 22.2 Å². The van der Waals surface area contributed by atoms with Crippen molar-refractivity contribution in [3.8, 4) is 0 Å². The van der Waals surface area contributed by atoms with Crippen molar-refractivity contribution in [2.45, 2.75) is 20.3 Å². The average molecular weight is 224 g/mol. The Morgan fingerprint density at radius 2 is 2.20 bits per heavy atom. The van der Waals surface area contributed by atoms with Crippen LogP contribution in [-0.2, 0) is 6.42 Å². The van der Waals surface area contributed by atoms with Crippen molar-refractivity contribution in [3.63, 3.8) is 0 Å². The first-order chi connectivity index (χ1) is 7.17. The minimum absolute atomic E-state index is 0.329. The van der Waals surface area contributed by atoms with Crippen LogP contribution in [0.15, 0.2) is 0 Å².